The van der Waals surface area contributed by atoms with Crippen molar-refractivity contribution in [3.8, 4) is 0 Å². The first-order valence-electron chi connectivity index (χ1n) is 9.54. The minimum absolute atomic E-state index is 0.162. The molecule has 2 aliphatic heterocycles. The van der Waals surface area contributed by atoms with Gasteiger partial charge in [-0.1, -0.05) is 12.1 Å². The highest BCUT2D eigenvalue weighted by Crippen LogP contribution is 2.34. The molecule has 1 aromatic rings. The molecule has 25 heavy (non-hydrogen) atoms. The zero-order valence-corrected chi connectivity index (χ0v) is 15.0. The van der Waals surface area contributed by atoms with Crippen LogP contribution in [0.25, 0.3) is 0 Å². The summed E-state index contributed by atoms with van der Waals surface area (Å²) in [4.78, 5) is 31.6. The summed E-state index contributed by atoms with van der Waals surface area (Å²) in [6.07, 6.45) is 3.80. The Labute approximate surface area is 149 Å². The Balaban J connectivity index is 1.37. The quantitative estimate of drug-likeness (QED) is 0.845. The van der Waals surface area contributed by atoms with Gasteiger partial charge in [-0.2, -0.15) is 0 Å². The van der Waals surface area contributed by atoms with E-state index < -0.39 is 0 Å². The number of hydrogen-bond acceptors (Lipinski definition) is 3. The minimum Gasteiger partial charge on any atom is -0.368 e. The number of carbonyl (C=O) groups is 2. The topological polar surface area (TPSA) is 43.9 Å². The van der Waals surface area contributed by atoms with Crippen molar-refractivity contribution in [2.75, 3.05) is 37.6 Å². The molecule has 0 aromatic heterocycles. The van der Waals surface area contributed by atoms with E-state index in [9.17, 15) is 9.59 Å². The zero-order valence-electron chi connectivity index (χ0n) is 15.0. The van der Waals surface area contributed by atoms with Crippen LogP contribution in [0.2, 0.25) is 0 Å². The number of amides is 2. The molecule has 2 saturated heterocycles. The van der Waals surface area contributed by atoms with Crippen LogP contribution in [0.4, 0.5) is 5.69 Å². The van der Waals surface area contributed by atoms with Gasteiger partial charge in [-0.25, -0.2) is 0 Å². The number of likely N-dealkylation sites (tertiary alicyclic amines) is 1. The van der Waals surface area contributed by atoms with Crippen molar-refractivity contribution in [2.45, 2.75) is 38.6 Å². The molecule has 0 N–H and O–H groups in total. The van der Waals surface area contributed by atoms with Gasteiger partial charge in [0.1, 0.15) is 6.04 Å². The van der Waals surface area contributed by atoms with E-state index >= 15 is 0 Å². The van der Waals surface area contributed by atoms with Gasteiger partial charge in [0.05, 0.1) is 0 Å². The molecule has 0 radical (unpaired) electrons. The average molecular weight is 341 g/mol. The molecule has 1 aromatic carbocycles. The molecule has 5 heteroatoms. The summed E-state index contributed by atoms with van der Waals surface area (Å²) in [6, 6.07) is 8.32. The number of rotatable bonds is 3. The van der Waals surface area contributed by atoms with Crippen LogP contribution in [-0.4, -0.2) is 60.4 Å². The molecule has 4 rings (SSSR count). The van der Waals surface area contributed by atoms with Crippen molar-refractivity contribution in [1.82, 2.24) is 9.80 Å². The van der Waals surface area contributed by atoms with Crippen LogP contribution in [0, 0.1) is 12.8 Å². The van der Waals surface area contributed by atoms with Gasteiger partial charge in [0.2, 0.25) is 11.8 Å². The summed E-state index contributed by atoms with van der Waals surface area (Å²) in [5.41, 5.74) is 2.50. The molecule has 2 heterocycles. The van der Waals surface area contributed by atoms with Gasteiger partial charge in [0, 0.05) is 44.3 Å². The first kappa shape index (κ1) is 16.4. The molecular formula is C20H27N3O2. The molecule has 1 atom stereocenters. The van der Waals surface area contributed by atoms with E-state index in [0.717, 1.165) is 58.4 Å². The lowest BCUT2D eigenvalue weighted by Gasteiger charge is -2.38. The summed E-state index contributed by atoms with van der Waals surface area (Å²) >= 11 is 0. The molecule has 1 saturated carbocycles. The van der Waals surface area contributed by atoms with Crippen LogP contribution in [0.1, 0.15) is 31.2 Å². The number of piperazine rings is 1. The van der Waals surface area contributed by atoms with Crippen molar-refractivity contribution in [3.05, 3.63) is 29.8 Å². The Bertz CT molecular complexity index is 663. The molecule has 0 spiro atoms. The Morgan fingerprint density at radius 1 is 0.960 bits per heavy atom. The third-order valence-electron chi connectivity index (χ3n) is 5.71. The van der Waals surface area contributed by atoms with Crippen molar-refractivity contribution in [3.63, 3.8) is 0 Å². The highest BCUT2D eigenvalue weighted by atomic mass is 16.2. The Morgan fingerprint density at radius 2 is 1.72 bits per heavy atom. The lowest BCUT2D eigenvalue weighted by atomic mass is 10.1. The fraction of sp³-hybridized carbons (Fsp3) is 0.600. The van der Waals surface area contributed by atoms with E-state index in [4.69, 9.17) is 0 Å². The van der Waals surface area contributed by atoms with Gasteiger partial charge >= 0.3 is 0 Å². The third kappa shape index (κ3) is 3.37. The standard InChI is InChI=1S/C20H27N3O2/c1-15-4-2-5-17(14-15)21-10-12-22(13-11-21)20(25)18-6-3-9-23(18)19(24)16-7-8-16/h2,4-5,14,16,18H,3,6-13H2,1H3. The number of anilines is 1. The van der Waals surface area contributed by atoms with Gasteiger partial charge in [-0.3, -0.25) is 9.59 Å². The van der Waals surface area contributed by atoms with Crippen molar-refractivity contribution in [2.24, 2.45) is 5.92 Å². The molecule has 3 fully saturated rings. The van der Waals surface area contributed by atoms with E-state index in [1.54, 1.807) is 0 Å². The summed E-state index contributed by atoms with van der Waals surface area (Å²) in [7, 11) is 0. The Morgan fingerprint density at radius 3 is 2.40 bits per heavy atom. The second-order valence-corrected chi connectivity index (χ2v) is 7.62. The molecule has 2 amide bonds. The second-order valence-electron chi connectivity index (χ2n) is 7.62. The van der Waals surface area contributed by atoms with E-state index in [1.807, 2.05) is 9.80 Å². The number of hydrogen-bond donors (Lipinski definition) is 0. The second kappa shape index (κ2) is 6.70. The number of nitrogens with zero attached hydrogens (tertiary/aromatic N) is 3. The van der Waals surface area contributed by atoms with E-state index in [0.29, 0.717) is 0 Å². The number of aryl methyl sites for hydroxylation is 1. The first-order valence-corrected chi connectivity index (χ1v) is 9.54. The van der Waals surface area contributed by atoms with Crippen LogP contribution in [0.3, 0.4) is 0 Å². The van der Waals surface area contributed by atoms with Gasteiger partial charge < -0.3 is 14.7 Å². The van der Waals surface area contributed by atoms with Gasteiger partial charge in [-0.05, 0) is 50.3 Å². The fourth-order valence-corrected chi connectivity index (χ4v) is 4.07. The maximum Gasteiger partial charge on any atom is 0.245 e. The molecule has 134 valence electrons. The predicted octanol–water partition coefficient (Wildman–Crippen LogP) is 2.04. The normalized spacial score (nSPS) is 23.9. The van der Waals surface area contributed by atoms with Gasteiger partial charge in [-0.15, -0.1) is 0 Å². The van der Waals surface area contributed by atoms with Gasteiger partial charge in [0.15, 0.2) is 0 Å². The molecule has 1 aliphatic carbocycles. The minimum atomic E-state index is -0.210. The first-order chi connectivity index (χ1) is 12.1. The number of carbonyl (C=O) groups excluding carboxylic acids is 2. The largest absolute Gasteiger partial charge is 0.368 e. The molecule has 5 nitrogen and oxygen atoms in total. The number of benzene rings is 1. The summed E-state index contributed by atoms with van der Waals surface area (Å²) in [6.45, 7) is 6.07. The smallest absolute Gasteiger partial charge is 0.245 e. The van der Waals surface area contributed by atoms with Crippen molar-refractivity contribution >= 4 is 17.5 Å². The molecule has 3 aliphatic rings. The molecule has 0 bridgehead atoms. The molecule has 1 unspecified atom stereocenters. The van der Waals surface area contributed by atoms with E-state index in [-0.39, 0.29) is 23.8 Å². The monoisotopic (exact) mass is 341 g/mol. The lowest BCUT2D eigenvalue weighted by molar-refractivity contribution is -0.144. The Hall–Kier alpha value is -2.04. The lowest BCUT2D eigenvalue weighted by Crippen LogP contribution is -2.54. The Kier molecular flexibility index (Phi) is 4.40. The summed E-state index contributed by atoms with van der Waals surface area (Å²) in [5.74, 6) is 0.580. The highest BCUT2D eigenvalue weighted by Gasteiger charge is 2.42. The van der Waals surface area contributed by atoms with Crippen LogP contribution >= 0.6 is 0 Å². The zero-order chi connectivity index (χ0) is 17.4. The van der Waals surface area contributed by atoms with Crippen LogP contribution in [0.15, 0.2) is 24.3 Å². The fourth-order valence-electron chi connectivity index (χ4n) is 4.07. The summed E-state index contributed by atoms with van der Waals surface area (Å²) in [5, 5.41) is 0. The maximum absolute atomic E-state index is 13.0. The van der Waals surface area contributed by atoms with Gasteiger partial charge in [0.25, 0.3) is 0 Å². The van der Waals surface area contributed by atoms with Crippen molar-refractivity contribution in [1.29, 1.82) is 0 Å². The van der Waals surface area contributed by atoms with E-state index in [1.165, 1.54) is 11.3 Å². The maximum atomic E-state index is 13.0. The predicted molar refractivity (Wildman–Crippen MR) is 97.4 cm³/mol. The molecular weight excluding hydrogens is 314 g/mol. The third-order valence-corrected chi connectivity index (χ3v) is 5.71. The average Bonchev–Trinajstić information content (AvgIpc) is 3.37. The van der Waals surface area contributed by atoms with Crippen LogP contribution < -0.4 is 4.90 Å². The highest BCUT2D eigenvalue weighted by molar-refractivity contribution is 5.90. The summed E-state index contributed by atoms with van der Waals surface area (Å²) < 4.78 is 0. The SMILES string of the molecule is Cc1cccc(N2CCN(C(=O)C3CCCN3C(=O)C3CC3)CC2)c1. The van der Waals surface area contributed by atoms with E-state index in [2.05, 4.69) is 36.1 Å². The van der Waals surface area contributed by atoms with Crippen molar-refractivity contribution < 1.29 is 9.59 Å². The van der Waals surface area contributed by atoms with Crippen LogP contribution in [-0.2, 0) is 9.59 Å². The van der Waals surface area contributed by atoms with Crippen LogP contribution in [0.5, 0.6) is 0 Å².